The predicted molar refractivity (Wildman–Crippen MR) is 252 cm³/mol. The van der Waals surface area contributed by atoms with Gasteiger partial charge in [-0.25, -0.2) is 0 Å². The fraction of sp³-hybridized carbons (Fsp3) is 0.943. The number of esters is 3. The molecule has 0 rings (SSSR count). The predicted octanol–water partition coefficient (Wildman–Crippen LogP) is 16.8. The van der Waals surface area contributed by atoms with Crippen molar-refractivity contribution in [1.82, 2.24) is 0 Å². The second-order valence-electron chi connectivity index (χ2n) is 19.1. The summed E-state index contributed by atoms with van der Waals surface area (Å²) in [5, 5.41) is 0. The van der Waals surface area contributed by atoms with Crippen LogP contribution in [-0.2, 0) is 28.6 Å². The van der Waals surface area contributed by atoms with E-state index in [9.17, 15) is 14.4 Å². The molecule has 0 saturated heterocycles. The molecule has 6 heteroatoms. The summed E-state index contributed by atoms with van der Waals surface area (Å²) in [5.41, 5.74) is 0. The molecule has 6 nitrogen and oxygen atoms in total. The number of carbonyl (C=O) groups excluding carboxylic acids is 3. The van der Waals surface area contributed by atoms with Crippen molar-refractivity contribution < 1.29 is 28.6 Å². The van der Waals surface area contributed by atoms with Crippen molar-refractivity contribution in [3.8, 4) is 0 Å². The SMILES string of the molecule is CCC(C)CCCCCCCCCCCCCCCCC(=O)OC[C@@H](COC(=O)CCCCCCCCCCCCC(C)CC)OC(=O)CCCCCCCCC(C)C. The molecule has 0 aliphatic carbocycles. The second-order valence-corrected chi connectivity index (χ2v) is 19.1. The Kier molecular flexibility index (Phi) is 43.3. The molecular weight excluding hydrogens is 733 g/mol. The summed E-state index contributed by atoms with van der Waals surface area (Å²) in [5.74, 6) is 1.67. The maximum absolute atomic E-state index is 12.7. The molecule has 0 amide bonds. The standard InChI is InChI=1S/C53H102O6/c1-7-48(5)40-34-28-21-17-13-11-9-10-12-14-19-23-30-36-42-51(54)57-45-50(59-53(56)44-38-32-26-25-27-33-39-47(3)4)46-58-52(55)43-37-31-24-20-16-15-18-22-29-35-41-49(6)8-2/h47-50H,7-46H2,1-6H3/t48?,49?,50-/m0/s1. The highest BCUT2D eigenvalue weighted by Crippen LogP contribution is 2.18. The number of unbranched alkanes of at least 4 members (excludes halogenated alkanes) is 27. The zero-order chi connectivity index (χ0) is 43.4. The van der Waals surface area contributed by atoms with Crippen LogP contribution in [0.3, 0.4) is 0 Å². The maximum atomic E-state index is 12.7. The smallest absolute Gasteiger partial charge is 0.306 e. The van der Waals surface area contributed by atoms with E-state index < -0.39 is 6.10 Å². The van der Waals surface area contributed by atoms with Crippen LogP contribution in [0.2, 0.25) is 0 Å². The number of ether oxygens (including phenoxy) is 3. The summed E-state index contributed by atoms with van der Waals surface area (Å²) in [4.78, 5) is 37.9. The van der Waals surface area contributed by atoms with E-state index in [1.807, 2.05) is 0 Å². The fourth-order valence-electron chi connectivity index (χ4n) is 7.87. The van der Waals surface area contributed by atoms with E-state index in [1.165, 1.54) is 167 Å². The van der Waals surface area contributed by atoms with Crippen LogP contribution < -0.4 is 0 Å². The highest BCUT2D eigenvalue weighted by Gasteiger charge is 2.19. The monoisotopic (exact) mass is 835 g/mol. The minimum atomic E-state index is -0.763. The van der Waals surface area contributed by atoms with Gasteiger partial charge in [0.05, 0.1) is 0 Å². The van der Waals surface area contributed by atoms with Crippen LogP contribution in [0.5, 0.6) is 0 Å². The molecule has 2 unspecified atom stereocenters. The molecule has 0 aliphatic heterocycles. The topological polar surface area (TPSA) is 78.9 Å². The number of hydrogen-bond acceptors (Lipinski definition) is 6. The molecule has 3 atom stereocenters. The van der Waals surface area contributed by atoms with Gasteiger partial charge in [-0.1, -0.05) is 247 Å². The molecule has 0 heterocycles. The molecule has 0 aromatic carbocycles. The van der Waals surface area contributed by atoms with Gasteiger partial charge in [0.15, 0.2) is 6.10 Å². The minimum absolute atomic E-state index is 0.0657. The van der Waals surface area contributed by atoms with E-state index in [0.717, 1.165) is 75.5 Å². The van der Waals surface area contributed by atoms with E-state index in [2.05, 4.69) is 41.5 Å². The Balaban J connectivity index is 4.24. The molecule has 0 aromatic heterocycles. The first kappa shape index (κ1) is 57.4. The van der Waals surface area contributed by atoms with Crippen molar-refractivity contribution in [2.75, 3.05) is 13.2 Å². The Morgan fingerprint density at radius 2 is 0.593 bits per heavy atom. The molecule has 350 valence electrons. The summed E-state index contributed by atoms with van der Waals surface area (Å²) in [7, 11) is 0. The van der Waals surface area contributed by atoms with E-state index in [4.69, 9.17) is 14.2 Å². The summed E-state index contributed by atoms with van der Waals surface area (Å²) < 4.78 is 16.8. The van der Waals surface area contributed by atoms with Gasteiger partial charge in [0, 0.05) is 19.3 Å². The van der Waals surface area contributed by atoms with Crippen molar-refractivity contribution in [2.45, 2.75) is 292 Å². The van der Waals surface area contributed by atoms with Gasteiger partial charge in [-0.15, -0.1) is 0 Å². The quantitative estimate of drug-likeness (QED) is 0.0345. The van der Waals surface area contributed by atoms with Crippen LogP contribution in [0, 0.1) is 17.8 Å². The van der Waals surface area contributed by atoms with E-state index in [1.54, 1.807) is 0 Å². The van der Waals surface area contributed by atoms with Crippen LogP contribution in [0.15, 0.2) is 0 Å². The van der Waals surface area contributed by atoms with Gasteiger partial charge in [-0.3, -0.25) is 14.4 Å². The lowest BCUT2D eigenvalue weighted by molar-refractivity contribution is -0.167. The molecular formula is C53H102O6. The van der Waals surface area contributed by atoms with Crippen LogP contribution in [-0.4, -0.2) is 37.2 Å². The van der Waals surface area contributed by atoms with Gasteiger partial charge in [-0.05, 0) is 37.0 Å². The highest BCUT2D eigenvalue weighted by molar-refractivity contribution is 5.71. The third-order valence-corrected chi connectivity index (χ3v) is 12.6. The Morgan fingerprint density at radius 1 is 0.339 bits per heavy atom. The average molecular weight is 835 g/mol. The first-order valence-electron chi connectivity index (χ1n) is 26.2. The molecule has 59 heavy (non-hydrogen) atoms. The van der Waals surface area contributed by atoms with Crippen LogP contribution in [0.25, 0.3) is 0 Å². The van der Waals surface area contributed by atoms with Gasteiger partial charge in [0.1, 0.15) is 13.2 Å². The largest absolute Gasteiger partial charge is 0.462 e. The first-order chi connectivity index (χ1) is 28.7. The highest BCUT2D eigenvalue weighted by atomic mass is 16.6. The lowest BCUT2D eigenvalue weighted by Gasteiger charge is -2.18. The molecule has 0 aliphatic rings. The maximum Gasteiger partial charge on any atom is 0.306 e. The summed E-state index contributed by atoms with van der Waals surface area (Å²) in [6, 6.07) is 0. The van der Waals surface area contributed by atoms with E-state index >= 15 is 0 Å². The third-order valence-electron chi connectivity index (χ3n) is 12.6. The van der Waals surface area contributed by atoms with Gasteiger partial charge in [-0.2, -0.15) is 0 Å². The molecule has 0 radical (unpaired) electrons. The van der Waals surface area contributed by atoms with Gasteiger partial charge in [0.2, 0.25) is 0 Å². The molecule has 0 bridgehead atoms. The van der Waals surface area contributed by atoms with Gasteiger partial charge in [0.25, 0.3) is 0 Å². The van der Waals surface area contributed by atoms with Gasteiger partial charge < -0.3 is 14.2 Å². The normalized spacial score (nSPS) is 13.1. The van der Waals surface area contributed by atoms with Crippen molar-refractivity contribution in [2.24, 2.45) is 17.8 Å². The Morgan fingerprint density at radius 3 is 0.881 bits per heavy atom. The number of rotatable bonds is 46. The lowest BCUT2D eigenvalue weighted by Crippen LogP contribution is -2.30. The number of hydrogen-bond donors (Lipinski definition) is 0. The van der Waals surface area contributed by atoms with E-state index in [-0.39, 0.29) is 31.1 Å². The second kappa shape index (κ2) is 44.5. The Bertz CT molecular complexity index is 918. The van der Waals surface area contributed by atoms with Crippen molar-refractivity contribution in [3.63, 3.8) is 0 Å². The van der Waals surface area contributed by atoms with Crippen molar-refractivity contribution >= 4 is 17.9 Å². The molecule has 0 saturated carbocycles. The van der Waals surface area contributed by atoms with Crippen LogP contribution in [0.1, 0.15) is 286 Å². The lowest BCUT2D eigenvalue weighted by atomic mass is 9.99. The Labute approximate surface area is 368 Å². The van der Waals surface area contributed by atoms with Crippen molar-refractivity contribution in [3.05, 3.63) is 0 Å². The third kappa shape index (κ3) is 44.3. The zero-order valence-electron chi connectivity index (χ0n) is 40.5. The first-order valence-corrected chi connectivity index (χ1v) is 26.2. The fourth-order valence-corrected chi connectivity index (χ4v) is 7.87. The van der Waals surface area contributed by atoms with Crippen LogP contribution in [0.4, 0.5) is 0 Å². The average Bonchev–Trinajstić information content (AvgIpc) is 3.22. The summed E-state index contributed by atoms with van der Waals surface area (Å²) in [6.45, 7) is 13.7. The summed E-state index contributed by atoms with van der Waals surface area (Å²) >= 11 is 0. The van der Waals surface area contributed by atoms with Crippen molar-refractivity contribution in [1.29, 1.82) is 0 Å². The summed E-state index contributed by atoms with van der Waals surface area (Å²) in [6.07, 6.45) is 43.8. The van der Waals surface area contributed by atoms with Crippen LogP contribution >= 0.6 is 0 Å². The van der Waals surface area contributed by atoms with Gasteiger partial charge >= 0.3 is 17.9 Å². The zero-order valence-corrected chi connectivity index (χ0v) is 40.5. The molecule has 0 spiro atoms. The van der Waals surface area contributed by atoms with E-state index in [0.29, 0.717) is 19.3 Å². The minimum Gasteiger partial charge on any atom is -0.462 e. The molecule has 0 aromatic rings. The molecule has 0 fully saturated rings. The Hall–Kier alpha value is -1.59. The number of carbonyl (C=O) groups is 3. The molecule has 0 N–H and O–H groups in total.